The second-order valence-corrected chi connectivity index (χ2v) is 6.26. The number of halogens is 1. The molecule has 0 fully saturated rings. The number of anilines is 1. The summed E-state index contributed by atoms with van der Waals surface area (Å²) < 4.78 is 0.914. The maximum atomic E-state index is 11.9. The van der Waals surface area contributed by atoms with Crippen molar-refractivity contribution in [2.24, 2.45) is 5.41 Å². The van der Waals surface area contributed by atoms with E-state index in [2.05, 4.69) is 41.7 Å². The van der Waals surface area contributed by atoms with Gasteiger partial charge in [0, 0.05) is 24.1 Å². The Bertz CT molecular complexity index is 381. The standard InChI is InChI=1S/C13H19BrN2O/c1-13(2,3)8-7-12(17)16(4)11-6-5-10(14)9-15-11/h5-6,9H,7-8H2,1-4H3. The molecule has 0 bridgehead atoms. The summed E-state index contributed by atoms with van der Waals surface area (Å²) in [5, 5.41) is 0. The van der Waals surface area contributed by atoms with Crippen molar-refractivity contribution < 1.29 is 4.79 Å². The zero-order chi connectivity index (χ0) is 13.1. The van der Waals surface area contributed by atoms with Crippen LogP contribution in [0.2, 0.25) is 0 Å². The molecule has 0 atom stereocenters. The van der Waals surface area contributed by atoms with Gasteiger partial charge < -0.3 is 0 Å². The van der Waals surface area contributed by atoms with Crippen LogP contribution >= 0.6 is 15.9 Å². The normalized spacial score (nSPS) is 11.4. The molecule has 17 heavy (non-hydrogen) atoms. The molecule has 0 radical (unpaired) electrons. The highest BCUT2D eigenvalue weighted by Crippen LogP contribution is 2.22. The van der Waals surface area contributed by atoms with Gasteiger partial charge in [-0.05, 0) is 39.9 Å². The molecule has 94 valence electrons. The summed E-state index contributed by atoms with van der Waals surface area (Å²) in [5.41, 5.74) is 0.184. The minimum absolute atomic E-state index is 0.106. The molecule has 1 heterocycles. The van der Waals surface area contributed by atoms with E-state index in [0.717, 1.165) is 10.9 Å². The van der Waals surface area contributed by atoms with Gasteiger partial charge in [-0.3, -0.25) is 9.69 Å². The highest BCUT2D eigenvalue weighted by atomic mass is 79.9. The Balaban J connectivity index is 2.61. The zero-order valence-electron chi connectivity index (χ0n) is 10.8. The minimum atomic E-state index is 0.106. The average Bonchev–Trinajstić information content (AvgIpc) is 2.25. The van der Waals surface area contributed by atoms with Crippen LogP contribution in [0.15, 0.2) is 22.8 Å². The van der Waals surface area contributed by atoms with Crippen molar-refractivity contribution >= 4 is 27.7 Å². The SMILES string of the molecule is CN(C(=O)CCC(C)(C)C)c1ccc(Br)cn1. The summed E-state index contributed by atoms with van der Waals surface area (Å²) in [6.45, 7) is 6.41. The Morgan fingerprint density at radius 3 is 2.53 bits per heavy atom. The van der Waals surface area contributed by atoms with Crippen LogP contribution in [-0.2, 0) is 4.79 Å². The Kier molecular flexibility index (Phi) is 4.69. The van der Waals surface area contributed by atoms with Crippen LogP contribution in [0, 0.1) is 5.41 Å². The van der Waals surface area contributed by atoms with E-state index in [-0.39, 0.29) is 11.3 Å². The van der Waals surface area contributed by atoms with E-state index in [1.54, 1.807) is 18.1 Å². The molecule has 0 aliphatic heterocycles. The van der Waals surface area contributed by atoms with Gasteiger partial charge in [0.05, 0.1) is 0 Å². The zero-order valence-corrected chi connectivity index (χ0v) is 12.4. The first-order valence-electron chi connectivity index (χ1n) is 5.68. The van der Waals surface area contributed by atoms with E-state index in [1.807, 2.05) is 12.1 Å². The van der Waals surface area contributed by atoms with Crippen molar-refractivity contribution in [1.82, 2.24) is 4.98 Å². The first kappa shape index (κ1) is 14.2. The molecule has 0 spiro atoms. The van der Waals surface area contributed by atoms with Crippen molar-refractivity contribution in [2.45, 2.75) is 33.6 Å². The highest BCUT2D eigenvalue weighted by molar-refractivity contribution is 9.10. The predicted octanol–water partition coefficient (Wildman–Crippen LogP) is 3.63. The third-order valence-corrected chi connectivity index (χ3v) is 2.99. The summed E-state index contributed by atoms with van der Waals surface area (Å²) in [4.78, 5) is 17.8. The number of carbonyl (C=O) groups excluding carboxylic acids is 1. The topological polar surface area (TPSA) is 33.2 Å². The predicted molar refractivity (Wildman–Crippen MR) is 74.0 cm³/mol. The monoisotopic (exact) mass is 298 g/mol. The minimum Gasteiger partial charge on any atom is -0.300 e. The average molecular weight is 299 g/mol. The third-order valence-electron chi connectivity index (χ3n) is 2.52. The van der Waals surface area contributed by atoms with Gasteiger partial charge in [0.2, 0.25) is 5.91 Å². The van der Waals surface area contributed by atoms with Crippen LogP contribution in [0.25, 0.3) is 0 Å². The largest absolute Gasteiger partial charge is 0.300 e. The Hall–Kier alpha value is -0.900. The van der Waals surface area contributed by atoms with Crippen LogP contribution in [0.4, 0.5) is 5.82 Å². The van der Waals surface area contributed by atoms with E-state index >= 15 is 0 Å². The fourth-order valence-corrected chi connectivity index (χ4v) is 1.58. The molecule has 0 unspecified atom stereocenters. The number of hydrogen-bond acceptors (Lipinski definition) is 2. The number of carbonyl (C=O) groups is 1. The van der Waals surface area contributed by atoms with Crippen molar-refractivity contribution in [2.75, 3.05) is 11.9 Å². The number of amides is 1. The molecule has 1 amide bonds. The molecule has 1 rings (SSSR count). The molecule has 0 aliphatic carbocycles. The molecular formula is C13H19BrN2O. The van der Waals surface area contributed by atoms with E-state index in [9.17, 15) is 4.79 Å². The molecule has 1 aromatic rings. The van der Waals surface area contributed by atoms with Gasteiger partial charge in [-0.1, -0.05) is 20.8 Å². The Labute approximate surface area is 111 Å². The van der Waals surface area contributed by atoms with Crippen LogP contribution in [-0.4, -0.2) is 17.9 Å². The van der Waals surface area contributed by atoms with Gasteiger partial charge in [-0.25, -0.2) is 4.98 Å². The Morgan fingerprint density at radius 1 is 1.41 bits per heavy atom. The van der Waals surface area contributed by atoms with E-state index in [1.165, 1.54) is 0 Å². The number of hydrogen-bond donors (Lipinski definition) is 0. The smallest absolute Gasteiger partial charge is 0.227 e. The fourth-order valence-electron chi connectivity index (χ4n) is 1.34. The first-order valence-corrected chi connectivity index (χ1v) is 6.47. The maximum absolute atomic E-state index is 11.9. The van der Waals surface area contributed by atoms with E-state index < -0.39 is 0 Å². The van der Waals surface area contributed by atoms with Gasteiger partial charge >= 0.3 is 0 Å². The molecule has 4 heteroatoms. The van der Waals surface area contributed by atoms with Gasteiger partial charge in [-0.15, -0.1) is 0 Å². The van der Waals surface area contributed by atoms with Crippen LogP contribution in [0.3, 0.4) is 0 Å². The van der Waals surface area contributed by atoms with Gasteiger partial charge in [-0.2, -0.15) is 0 Å². The lowest BCUT2D eigenvalue weighted by molar-refractivity contribution is -0.118. The molecule has 3 nitrogen and oxygen atoms in total. The number of aromatic nitrogens is 1. The highest BCUT2D eigenvalue weighted by Gasteiger charge is 2.16. The Morgan fingerprint density at radius 2 is 2.06 bits per heavy atom. The van der Waals surface area contributed by atoms with Crippen molar-refractivity contribution in [3.05, 3.63) is 22.8 Å². The second kappa shape index (κ2) is 5.63. The van der Waals surface area contributed by atoms with Crippen LogP contribution in [0.1, 0.15) is 33.6 Å². The summed E-state index contributed by atoms with van der Waals surface area (Å²) >= 11 is 3.32. The lowest BCUT2D eigenvalue weighted by Crippen LogP contribution is -2.27. The third kappa shape index (κ3) is 4.86. The lowest BCUT2D eigenvalue weighted by Gasteiger charge is -2.21. The lowest BCUT2D eigenvalue weighted by atomic mass is 9.90. The van der Waals surface area contributed by atoms with Crippen molar-refractivity contribution in [1.29, 1.82) is 0 Å². The van der Waals surface area contributed by atoms with Gasteiger partial charge in [0.1, 0.15) is 5.82 Å². The van der Waals surface area contributed by atoms with Crippen molar-refractivity contribution in [3.8, 4) is 0 Å². The fraction of sp³-hybridized carbons (Fsp3) is 0.538. The summed E-state index contributed by atoms with van der Waals surface area (Å²) in [6, 6.07) is 3.72. The molecule has 0 N–H and O–H groups in total. The summed E-state index contributed by atoms with van der Waals surface area (Å²) in [6.07, 6.45) is 3.13. The molecule has 0 aliphatic rings. The van der Waals surface area contributed by atoms with Crippen LogP contribution in [0.5, 0.6) is 0 Å². The van der Waals surface area contributed by atoms with Gasteiger partial charge in [0.15, 0.2) is 0 Å². The van der Waals surface area contributed by atoms with Gasteiger partial charge in [0.25, 0.3) is 0 Å². The summed E-state index contributed by atoms with van der Waals surface area (Å²) in [5.74, 6) is 0.793. The second-order valence-electron chi connectivity index (χ2n) is 5.35. The molecule has 0 aromatic carbocycles. The number of pyridine rings is 1. The molecular weight excluding hydrogens is 280 g/mol. The molecule has 0 saturated carbocycles. The number of rotatable bonds is 3. The van der Waals surface area contributed by atoms with Crippen molar-refractivity contribution in [3.63, 3.8) is 0 Å². The van der Waals surface area contributed by atoms with Crippen LogP contribution < -0.4 is 4.90 Å². The quantitative estimate of drug-likeness (QED) is 0.854. The van der Waals surface area contributed by atoms with E-state index in [4.69, 9.17) is 0 Å². The van der Waals surface area contributed by atoms with E-state index in [0.29, 0.717) is 12.2 Å². The first-order chi connectivity index (χ1) is 7.79. The molecule has 0 saturated heterocycles. The number of nitrogens with zero attached hydrogens (tertiary/aromatic N) is 2. The maximum Gasteiger partial charge on any atom is 0.227 e. The summed E-state index contributed by atoms with van der Waals surface area (Å²) in [7, 11) is 1.77. The molecule has 1 aromatic heterocycles.